The minimum Gasteiger partial charge on any atom is -0.497 e. The number of hydrogen-bond acceptors (Lipinski definition) is 5. The van der Waals surface area contributed by atoms with E-state index in [1.165, 1.54) is 0 Å². The molecule has 3 unspecified atom stereocenters. The standard InChI is InChI=1S/C25H35N3O3/c1-6-27(20(4)21-8-7-9-24(14-21)30-5)17-25(29)26-22-10-12-23(13-11-22)28-15-18(2)31-19(3)16-28/h7-14,18-20H,6,15-17H2,1-5H3,(H,26,29). The Labute approximate surface area is 186 Å². The van der Waals surface area contributed by atoms with Crippen LogP contribution in [0.15, 0.2) is 48.5 Å². The zero-order valence-electron chi connectivity index (χ0n) is 19.3. The number of carbonyl (C=O) groups excluding carboxylic acids is 1. The Morgan fingerprint density at radius 1 is 1.19 bits per heavy atom. The Balaban J connectivity index is 1.58. The molecule has 31 heavy (non-hydrogen) atoms. The lowest BCUT2D eigenvalue weighted by atomic mass is 10.1. The van der Waals surface area contributed by atoms with Gasteiger partial charge >= 0.3 is 0 Å². The minimum atomic E-state index is -0.0158. The molecule has 1 saturated heterocycles. The van der Waals surface area contributed by atoms with Crippen LogP contribution in [0.1, 0.15) is 39.3 Å². The highest BCUT2D eigenvalue weighted by Gasteiger charge is 2.22. The summed E-state index contributed by atoms with van der Waals surface area (Å²) >= 11 is 0. The van der Waals surface area contributed by atoms with Crippen molar-refractivity contribution in [3.63, 3.8) is 0 Å². The highest BCUT2D eigenvalue weighted by Crippen LogP contribution is 2.25. The number of ether oxygens (including phenoxy) is 2. The zero-order chi connectivity index (χ0) is 22.4. The molecule has 1 N–H and O–H groups in total. The van der Waals surface area contributed by atoms with E-state index in [9.17, 15) is 4.79 Å². The van der Waals surface area contributed by atoms with Gasteiger partial charge in [-0.25, -0.2) is 0 Å². The van der Waals surface area contributed by atoms with Gasteiger partial charge in [-0.05, 0) is 69.3 Å². The summed E-state index contributed by atoms with van der Waals surface area (Å²) in [6.45, 7) is 11.3. The van der Waals surface area contributed by atoms with Gasteiger partial charge in [-0.2, -0.15) is 0 Å². The quantitative estimate of drug-likeness (QED) is 0.682. The number of nitrogens with one attached hydrogen (secondary N) is 1. The number of methoxy groups -OCH3 is 1. The maximum Gasteiger partial charge on any atom is 0.238 e. The van der Waals surface area contributed by atoms with Crippen LogP contribution in [0.25, 0.3) is 0 Å². The normalized spacial score (nSPS) is 19.9. The molecule has 0 bridgehead atoms. The smallest absolute Gasteiger partial charge is 0.238 e. The van der Waals surface area contributed by atoms with E-state index in [0.717, 1.165) is 42.3 Å². The Bertz CT molecular complexity index is 845. The van der Waals surface area contributed by atoms with Crippen LogP contribution in [-0.2, 0) is 9.53 Å². The highest BCUT2D eigenvalue weighted by molar-refractivity contribution is 5.92. The second-order valence-electron chi connectivity index (χ2n) is 8.27. The van der Waals surface area contributed by atoms with Crippen molar-refractivity contribution >= 4 is 17.3 Å². The third-order valence-electron chi connectivity index (χ3n) is 5.81. The van der Waals surface area contributed by atoms with Crippen LogP contribution in [0.3, 0.4) is 0 Å². The van der Waals surface area contributed by atoms with Crippen molar-refractivity contribution in [2.24, 2.45) is 0 Å². The number of benzene rings is 2. The lowest BCUT2D eigenvalue weighted by molar-refractivity contribution is -0.117. The van der Waals surface area contributed by atoms with Crippen LogP contribution in [0.5, 0.6) is 5.75 Å². The van der Waals surface area contributed by atoms with Crippen molar-refractivity contribution in [2.75, 3.05) is 43.5 Å². The van der Waals surface area contributed by atoms with Gasteiger partial charge in [0.25, 0.3) is 0 Å². The summed E-state index contributed by atoms with van der Waals surface area (Å²) in [5.41, 5.74) is 3.10. The molecule has 0 spiro atoms. The van der Waals surface area contributed by atoms with Crippen LogP contribution < -0.4 is 15.0 Å². The van der Waals surface area contributed by atoms with E-state index in [1.807, 2.05) is 30.3 Å². The maximum atomic E-state index is 12.7. The fourth-order valence-corrected chi connectivity index (χ4v) is 4.16. The zero-order valence-corrected chi connectivity index (χ0v) is 19.3. The first-order valence-electron chi connectivity index (χ1n) is 11.1. The van der Waals surface area contributed by atoms with Crippen molar-refractivity contribution < 1.29 is 14.3 Å². The summed E-state index contributed by atoms with van der Waals surface area (Å²) < 4.78 is 11.2. The highest BCUT2D eigenvalue weighted by atomic mass is 16.5. The monoisotopic (exact) mass is 425 g/mol. The molecule has 3 atom stereocenters. The molecule has 2 aromatic carbocycles. The Hall–Kier alpha value is -2.57. The fraction of sp³-hybridized carbons (Fsp3) is 0.480. The van der Waals surface area contributed by atoms with Crippen LogP contribution in [0.2, 0.25) is 0 Å². The van der Waals surface area contributed by atoms with E-state index in [-0.39, 0.29) is 24.2 Å². The Morgan fingerprint density at radius 2 is 1.87 bits per heavy atom. The van der Waals surface area contributed by atoms with Gasteiger partial charge in [0.05, 0.1) is 25.9 Å². The summed E-state index contributed by atoms with van der Waals surface area (Å²) in [5.74, 6) is 0.812. The molecule has 168 valence electrons. The van der Waals surface area contributed by atoms with Crippen LogP contribution in [-0.4, -0.2) is 56.3 Å². The van der Waals surface area contributed by atoms with Gasteiger partial charge < -0.3 is 19.7 Å². The molecule has 1 aliphatic heterocycles. The molecule has 0 aliphatic carbocycles. The molecular formula is C25H35N3O3. The summed E-state index contributed by atoms with van der Waals surface area (Å²) in [7, 11) is 1.67. The maximum absolute atomic E-state index is 12.7. The first kappa shape index (κ1) is 23.1. The molecule has 1 amide bonds. The van der Waals surface area contributed by atoms with E-state index in [1.54, 1.807) is 7.11 Å². The van der Waals surface area contributed by atoms with E-state index in [2.05, 4.69) is 61.0 Å². The number of rotatable bonds is 8. The van der Waals surface area contributed by atoms with Gasteiger partial charge in [0.1, 0.15) is 5.75 Å². The topological polar surface area (TPSA) is 54.0 Å². The summed E-state index contributed by atoms with van der Waals surface area (Å²) in [6.07, 6.45) is 0.435. The number of morpholine rings is 1. The number of likely N-dealkylation sites (N-methyl/N-ethyl adjacent to an activating group) is 1. The van der Waals surface area contributed by atoms with E-state index >= 15 is 0 Å². The largest absolute Gasteiger partial charge is 0.497 e. The average molecular weight is 426 g/mol. The third kappa shape index (κ3) is 6.21. The first-order valence-corrected chi connectivity index (χ1v) is 11.1. The van der Waals surface area contributed by atoms with Crippen molar-refractivity contribution in [2.45, 2.75) is 45.9 Å². The van der Waals surface area contributed by atoms with Crippen molar-refractivity contribution in [3.05, 3.63) is 54.1 Å². The lowest BCUT2D eigenvalue weighted by Crippen LogP contribution is -2.45. The molecule has 3 rings (SSSR count). The lowest BCUT2D eigenvalue weighted by Gasteiger charge is -2.36. The van der Waals surface area contributed by atoms with Gasteiger partial charge in [-0.3, -0.25) is 9.69 Å². The molecule has 2 aromatic rings. The number of anilines is 2. The SMILES string of the molecule is CCN(CC(=O)Nc1ccc(N2CC(C)OC(C)C2)cc1)C(C)c1cccc(OC)c1. The van der Waals surface area contributed by atoms with Crippen molar-refractivity contribution in [1.82, 2.24) is 4.90 Å². The Kier molecular flexibility index (Phi) is 7.93. The van der Waals surface area contributed by atoms with Gasteiger partial charge in [-0.15, -0.1) is 0 Å². The van der Waals surface area contributed by atoms with E-state index in [4.69, 9.17) is 9.47 Å². The molecule has 6 nitrogen and oxygen atoms in total. The summed E-state index contributed by atoms with van der Waals surface area (Å²) in [4.78, 5) is 17.2. The van der Waals surface area contributed by atoms with Gasteiger partial charge in [0, 0.05) is 30.5 Å². The molecule has 0 radical (unpaired) electrons. The molecule has 1 fully saturated rings. The van der Waals surface area contributed by atoms with Crippen molar-refractivity contribution in [1.29, 1.82) is 0 Å². The third-order valence-corrected chi connectivity index (χ3v) is 5.81. The second-order valence-corrected chi connectivity index (χ2v) is 8.27. The number of hydrogen-bond donors (Lipinski definition) is 1. The van der Waals surface area contributed by atoms with E-state index in [0.29, 0.717) is 6.54 Å². The van der Waals surface area contributed by atoms with Crippen LogP contribution in [0, 0.1) is 0 Å². The number of carbonyl (C=O) groups is 1. The molecule has 6 heteroatoms. The van der Waals surface area contributed by atoms with Gasteiger partial charge in [0.15, 0.2) is 0 Å². The summed E-state index contributed by atoms with van der Waals surface area (Å²) in [5, 5.41) is 3.03. The predicted octanol–water partition coefficient (Wildman–Crippen LogP) is 4.33. The van der Waals surface area contributed by atoms with Crippen LogP contribution >= 0.6 is 0 Å². The number of nitrogens with zero attached hydrogens (tertiary/aromatic N) is 2. The predicted molar refractivity (Wildman–Crippen MR) is 126 cm³/mol. The molecule has 0 saturated carbocycles. The minimum absolute atomic E-state index is 0.0158. The first-order chi connectivity index (χ1) is 14.9. The average Bonchev–Trinajstić information content (AvgIpc) is 2.77. The molecule has 1 heterocycles. The molecular weight excluding hydrogens is 390 g/mol. The Morgan fingerprint density at radius 3 is 2.48 bits per heavy atom. The molecule has 0 aromatic heterocycles. The van der Waals surface area contributed by atoms with Gasteiger partial charge in [-0.1, -0.05) is 19.1 Å². The summed E-state index contributed by atoms with van der Waals surface area (Å²) in [6, 6.07) is 16.2. The fourth-order valence-electron chi connectivity index (χ4n) is 4.16. The van der Waals surface area contributed by atoms with E-state index < -0.39 is 0 Å². The van der Waals surface area contributed by atoms with Gasteiger partial charge in [0.2, 0.25) is 5.91 Å². The van der Waals surface area contributed by atoms with Crippen molar-refractivity contribution in [3.8, 4) is 5.75 Å². The van der Waals surface area contributed by atoms with Crippen LogP contribution in [0.4, 0.5) is 11.4 Å². The molecule has 1 aliphatic rings. The number of amides is 1. The second kappa shape index (κ2) is 10.6.